The first-order chi connectivity index (χ1) is 9.52. The number of hydrogen-bond acceptors (Lipinski definition) is 4. The zero-order chi connectivity index (χ0) is 15.0. The van der Waals surface area contributed by atoms with E-state index in [0.29, 0.717) is 26.1 Å². The Morgan fingerprint density at radius 2 is 1.75 bits per heavy atom. The van der Waals surface area contributed by atoms with Crippen molar-refractivity contribution in [2.24, 2.45) is 0 Å². The normalized spacial score (nSPS) is 17.9. The zero-order valence-corrected chi connectivity index (χ0v) is 13.3. The fraction of sp³-hybridized carbons (Fsp3) is 0.923. The number of hydrogen-bond donors (Lipinski definition) is 0. The molecule has 0 aliphatic carbocycles. The van der Waals surface area contributed by atoms with Gasteiger partial charge in [0.25, 0.3) is 10.2 Å². The van der Waals surface area contributed by atoms with Crippen molar-refractivity contribution in [1.29, 1.82) is 0 Å². The standard InChI is InChI=1S/C13H26N2O4S/c1-3-9-15(12-13(16)19-4-2)20(17,18)14-10-7-5-6-8-11-14/h3-12H2,1-2H3. The summed E-state index contributed by atoms with van der Waals surface area (Å²) in [7, 11) is -3.56. The maximum Gasteiger partial charge on any atom is 0.321 e. The van der Waals surface area contributed by atoms with Crippen molar-refractivity contribution in [1.82, 2.24) is 8.61 Å². The molecular weight excluding hydrogens is 280 g/mol. The molecule has 20 heavy (non-hydrogen) atoms. The number of ether oxygens (including phenoxy) is 1. The van der Waals surface area contributed by atoms with Gasteiger partial charge in [-0.3, -0.25) is 4.79 Å². The smallest absolute Gasteiger partial charge is 0.321 e. The third-order valence-electron chi connectivity index (χ3n) is 3.30. The van der Waals surface area contributed by atoms with E-state index >= 15 is 0 Å². The summed E-state index contributed by atoms with van der Waals surface area (Å²) in [6.07, 6.45) is 4.58. The quantitative estimate of drug-likeness (QED) is 0.667. The first-order valence-electron chi connectivity index (χ1n) is 7.43. The van der Waals surface area contributed by atoms with Crippen LogP contribution in [0.2, 0.25) is 0 Å². The van der Waals surface area contributed by atoms with Crippen LogP contribution in [0.3, 0.4) is 0 Å². The molecule has 1 aliphatic rings. The highest BCUT2D eigenvalue weighted by Gasteiger charge is 2.31. The van der Waals surface area contributed by atoms with Gasteiger partial charge in [-0.25, -0.2) is 0 Å². The molecule has 6 nitrogen and oxygen atoms in total. The Morgan fingerprint density at radius 1 is 1.15 bits per heavy atom. The van der Waals surface area contributed by atoms with E-state index in [1.165, 1.54) is 8.61 Å². The van der Waals surface area contributed by atoms with Crippen LogP contribution in [0.15, 0.2) is 0 Å². The highest BCUT2D eigenvalue weighted by atomic mass is 32.2. The first kappa shape index (κ1) is 17.4. The highest BCUT2D eigenvalue weighted by molar-refractivity contribution is 7.86. The zero-order valence-electron chi connectivity index (χ0n) is 12.5. The van der Waals surface area contributed by atoms with Crippen molar-refractivity contribution >= 4 is 16.2 Å². The Morgan fingerprint density at radius 3 is 2.25 bits per heavy atom. The molecule has 1 saturated heterocycles. The second-order valence-electron chi connectivity index (χ2n) is 4.96. The van der Waals surface area contributed by atoms with Crippen molar-refractivity contribution in [3.8, 4) is 0 Å². The third kappa shape index (κ3) is 5.03. The maximum absolute atomic E-state index is 12.6. The van der Waals surface area contributed by atoms with Crippen molar-refractivity contribution in [3.63, 3.8) is 0 Å². The molecule has 0 aromatic rings. The lowest BCUT2D eigenvalue weighted by Gasteiger charge is -2.28. The van der Waals surface area contributed by atoms with Crippen LogP contribution in [0.25, 0.3) is 0 Å². The summed E-state index contributed by atoms with van der Waals surface area (Å²) in [6.45, 7) is 5.12. The van der Waals surface area contributed by atoms with E-state index in [0.717, 1.165) is 25.7 Å². The van der Waals surface area contributed by atoms with Gasteiger partial charge in [0.05, 0.1) is 6.61 Å². The Labute approximate surface area is 122 Å². The van der Waals surface area contributed by atoms with Crippen LogP contribution in [0.5, 0.6) is 0 Å². The van der Waals surface area contributed by atoms with E-state index in [-0.39, 0.29) is 13.2 Å². The molecule has 0 amide bonds. The van der Waals surface area contributed by atoms with Gasteiger partial charge in [-0.1, -0.05) is 19.8 Å². The van der Waals surface area contributed by atoms with Gasteiger partial charge in [0, 0.05) is 19.6 Å². The van der Waals surface area contributed by atoms with Crippen molar-refractivity contribution in [2.45, 2.75) is 46.0 Å². The van der Waals surface area contributed by atoms with Crippen molar-refractivity contribution in [2.75, 3.05) is 32.8 Å². The highest BCUT2D eigenvalue weighted by Crippen LogP contribution is 2.16. The predicted molar refractivity (Wildman–Crippen MR) is 77.5 cm³/mol. The summed E-state index contributed by atoms with van der Waals surface area (Å²) in [6, 6.07) is 0. The Kier molecular flexibility index (Phi) is 7.47. The molecule has 0 bridgehead atoms. The minimum Gasteiger partial charge on any atom is -0.465 e. The lowest BCUT2D eigenvalue weighted by Crippen LogP contribution is -2.46. The van der Waals surface area contributed by atoms with Crippen LogP contribution in [0.1, 0.15) is 46.0 Å². The summed E-state index contributed by atoms with van der Waals surface area (Å²) >= 11 is 0. The molecule has 7 heteroatoms. The van der Waals surface area contributed by atoms with E-state index in [2.05, 4.69) is 0 Å². The van der Waals surface area contributed by atoms with Gasteiger partial charge in [-0.15, -0.1) is 0 Å². The van der Waals surface area contributed by atoms with Crippen LogP contribution < -0.4 is 0 Å². The molecule has 1 heterocycles. The second kappa shape index (κ2) is 8.59. The van der Waals surface area contributed by atoms with Crippen LogP contribution in [0, 0.1) is 0 Å². The molecule has 0 unspecified atom stereocenters. The van der Waals surface area contributed by atoms with Gasteiger partial charge >= 0.3 is 5.97 Å². The van der Waals surface area contributed by atoms with Gasteiger partial charge < -0.3 is 4.74 Å². The molecular formula is C13H26N2O4S. The number of rotatable bonds is 7. The molecule has 0 N–H and O–H groups in total. The average molecular weight is 306 g/mol. The largest absolute Gasteiger partial charge is 0.465 e. The maximum atomic E-state index is 12.6. The van der Waals surface area contributed by atoms with E-state index in [1.54, 1.807) is 6.92 Å². The molecule has 0 spiro atoms. The molecule has 1 fully saturated rings. The minimum atomic E-state index is -3.56. The number of esters is 1. The Balaban J connectivity index is 2.78. The molecule has 0 radical (unpaired) electrons. The lowest BCUT2D eigenvalue weighted by atomic mass is 10.2. The van der Waals surface area contributed by atoms with Gasteiger partial charge in [-0.05, 0) is 26.2 Å². The fourth-order valence-corrected chi connectivity index (χ4v) is 4.04. The Hall–Kier alpha value is -0.660. The predicted octanol–water partition coefficient (Wildman–Crippen LogP) is 1.38. The monoisotopic (exact) mass is 306 g/mol. The lowest BCUT2D eigenvalue weighted by molar-refractivity contribution is -0.143. The van der Waals surface area contributed by atoms with Gasteiger partial charge in [-0.2, -0.15) is 17.0 Å². The summed E-state index contributed by atoms with van der Waals surface area (Å²) in [5.41, 5.74) is 0. The van der Waals surface area contributed by atoms with E-state index in [9.17, 15) is 13.2 Å². The second-order valence-corrected chi connectivity index (χ2v) is 6.89. The molecule has 118 valence electrons. The molecule has 0 aromatic carbocycles. The van der Waals surface area contributed by atoms with Crippen molar-refractivity contribution in [3.05, 3.63) is 0 Å². The Bertz CT molecular complexity index is 389. The minimum absolute atomic E-state index is 0.194. The van der Waals surface area contributed by atoms with Gasteiger partial charge in [0.1, 0.15) is 6.54 Å². The van der Waals surface area contributed by atoms with Gasteiger partial charge in [0.15, 0.2) is 0 Å². The summed E-state index contributed by atoms with van der Waals surface area (Å²) in [5.74, 6) is -0.487. The topological polar surface area (TPSA) is 66.9 Å². The molecule has 0 aromatic heterocycles. The molecule has 0 saturated carbocycles. The first-order valence-corrected chi connectivity index (χ1v) is 8.83. The van der Waals surface area contributed by atoms with Crippen molar-refractivity contribution < 1.29 is 17.9 Å². The van der Waals surface area contributed by atoms with Crippen LogP contribution in [-0.4, -0.2) is 55.8 Å². The summed E-state index contributed by atoms with van der Waals surface area (Å²) < 4.78 is 32.8. The van der Waals surface area contributed by atoms with Gasteiger partial charge in [0.2, 0.25) is 0 Å². The summed E-state index contributed by atoms with van der Waals surface area (Å²) in [4.78, 5) is 11.6. The SMILES string of the molecule is CCCN(CC(=O)OCC)S(=O)(=O)N1CCCCCC1. The summed E-state index contributed by atoms with van der Waals surface area (Å²) in [5, 5.41) is 0. The molecule has 1 aliphatic heterocycles. The number of carbonyl (C=O) groups is 1. The number of carbonyl (C=O) groups excluding carboxylic acids is 1. The van der Waals surface area contributed by atoms with Crippen LogP contribution in [-0.2, 0) is 19.7 Å². The number of nitrogens with zero attached hydrogens (tertiary/aromatic N) is 2. The van der Waals surface area contributed by atoms with Crippen LogP contribution in [0.4, 0.5) is 0 Å². The van der Waals surface area contributed by atoms with E-state index < -0.39 is 16.2 Å². The van der Waals surface area contributed by atoms with E-state index in [1.807, 2.05) is 6.92 Å². The van der Waals surface area contributed by atoms with Crippen LogP contribution >= 0.6 is 0 Å². The van der Waals surface area contributed by atoms with E-state index in [4.69, 9.17) is 4.74 Å². The molecule has 1 rings (SSSR count). The molecule has 0 atom stereocenters. The fourth-order valence-electron chi connectivity index (χ4n) is 2.31. The third-order valence-corrected chi connectivity index (χ3v) is 5.28. The average Bonchev–Trinajstić information content (AvgIpc) is 2.67.